The highest BCUT2D eigenvalue weighted by atomic mass is 19.1. The van der Waals surface area contributed by atoms with E-state index < -0.39 is 17.7 Å². The first-order chi connectivity index (χ1) is 16.1. The van der Waals surface area contributed by atoms with Gasteiger partial charge in [0.1, 0.15) is 17.3 Å². The van der Waals surface area contributed by atoms with Crippen molar-refractivity contribution in [2.75, 3.05) is 70.7 Å². The van der Waals surface area contributed by atoms with Gasteiger partial charge in [0.15, 0.2) is 0 Å². The van der Waals surface area contributed by atoms with Crippen molar-refractivity contribution in [2.24, 2.45) is 5.11 Å². The zero-order valence-electron chi connectivity index (χ0n) is 18.1. The Morgan fingerprint density at radius 3 is 2.55 bits per heavy atom. The zero-order chi connectivity index (χ0) is 23.5. The topological polar surface area (TPSA) is 139 Å². The quantitative estimate of drug-likeness (QED) is 0.149. The van der Waals surface area contributed by atoms with Crippen LogP contribution in [0.2, 0.25) is 0 Å². The molecule has 11 nitrogen and oxygen atoms in total. The maximum Gasteiger partial charge on any atom is 0.349 e. The zero-order valence-corrected chi connectivity index (χ0v) is 18.1. The molecule has 1 aromatic carbocycles. The molecule has 2 aromatic rings. The monoisotopic (exact) mass is 463 g/mol. The Kier molecular flexibility index (Phi) is 9.45. The van der Waals surface area contributed by atoms with Crippen LogP contribution in [0.4, 0.5) is 10.1 Å². The molecule has 33 heavy (non-hydrogen) atoms. The minimum Gasteiger partial charge on any atom is -0.422 e. The number of alkyl halides is 1. The summed E-state index contributed by atoms with van der Waals surface area (Å²) >= 11 is 0. The second-order valence-corrected chi connectivity index (χ2v) is 7.22. The molecule has 1 amide bonds. The summed E-state index contributed by atoms with van der Waals surface area (Å²) in [6, 6.07) is 6.71. The first-order valence-corrected chi connectivity index (χ1v) is 10.6. The standard InChI is InChI=1S/C21H26FN5O6/c22-16-13-27(14-16)17-2-1-15-11-18(21(29)33-19(15)12-17)20(28)24-3-5-30-7-9-32-10-8-31-6-4-25-26-23/h1-2,11-12,16H,3-10,13-14H2,(H,24,28). The number of fused-ring (bicyclic) bond motifs is 1. The molecule has 0 spiro atoms. The first-order valence-electron chi connectivity index (χ1n) is 10.6. The number of rotatable bonds is 14. The number of carbonyl (C=O) groups is 1. The molecule has 178 valence electrons. The van der Waals surface area contributed by atoms with Gasteiger partial charge in [-0.2, -0.15) is 0 Å². The third kappa shape index (κ3) is 7.43. The molecule has 1 aromatic heterocycles. The highest BCUT2D eigenvalue weighted by Crippen LogP contribution is 2.26. The van der Waals surface area contributed by atoms with Crippen molar-refractivity contribution in [2.45, 2.75) is 6.17 Å². The Balaban J connectivity index is 1.33. The summed E-state index contributed by atoms with van der Waals surface area (Å²) in [6.07, 6.45) is -0.836. The second-order valence-electron chi connectivity index (χ2n) is 7.22. The van der Waals surface area contributed by atoms with E-state index in [4.69, 9.17) is 24.2 Å². The molecule has 0 atom stereocenters. The van der Waals surface area contributed by atoms with Gasteiger partial charge in [-0.25, -0.2) is 9.18 Å². The van der Waals surface area contributed by atoms with Crippen molar-refractivity contribution in [3.05, 3.63) is 50.7 Å². The Morgan fingerprint density at radius 1 is 1.15 bits per heavy atom. The summed E-state index contributed by atoms with van der Waals surface area (Å²) in [5.74, 6) is -0.546. The molecule has 1 N–H and O–H groups in total. The van der Waals surface area contributed by atoms with E-state index in [1.54, 1.807) is 18.2 Å². The number of halogens is 1. The lowest BCUT2D eigenvalue weighted by Crippen LogP contribution is -2.48. The third-order valence-corrected chi connectivity index (χ3v) is 4.84. The van der Waals surface area contributed by atoms with Crippen LogP contribution in [0.15, 0.2) is 38.6 Å². The van der Waals surface area contributed by atoms with Gasteiger partial charge in [0, 0.05) is 35.1 Å². The van der Waals surface area contributed by atoms with Crippen molar-refractivity contribution < 1.29 is 27.8 Å². The van der Waals surface area contributed by atoms with Crippen molar-refractivity contribution >= 4 is 22.6 Å². The average molecular weight is 463 g/mol. The minimum atomic E-state index is -0.836. The van der Waals surface area contributed by atoms with Gasteiger partial charge in [0.2, 0.25) is 0 Å². The molecule has 0 bridgehead atoms. The number of carbonyl (C=O) groups excluding carboxylic acids is 1. The maximum atomic E-state index is 13.1. The van der Waals surface area contributed by atoms with Crippen LogP contribution in [0.25, 0.3) is 21.4 Å². The fourth-order valence-electron chi connectivity index (χ4n) is 3.11. The van der Waals surface area contributed by atoms with E-state index >= 15 is 0 Å². The number of nitrogens with zero attached hydrogens (tertiary/aromatic N) is 4. The molecular formula is C21H26FN5O6. The van der Waals surface area contributed by atoms with Crippen LogP contribution in [-0.2, 0) is 14.2 Å². The number of ether oxygens (including phenoxy) is 3. The molecule has 1 saturated heterocycles. The largest absolute Gasteiger partial charge is 0.422 e. The van der Waals surface area contributed by atoms with Crippen LogP contribution in [0, 0.1) is 0 Å². The molecule has 1 aliphatic heterocycles. The lowest BCUT2D eigenvalue weighted by molar-refractivity contribution is 0.0166. The van der Waals surface area contributed by atoms with Crippen LogP contribution >= 0.6 is 0 Å². The summed E-state index contributed by atoms with van der Waals surface area (Å²) in [4.78, 5) is 29.0. The number of hydrogen-bond donors (Lipinski definition) is 1. The molecule has 0 aliphatic carbocycles. The highest BCUT2D eigenvalue weighted by molar-refractivity contribution is 5.97. The molecule has 3 rings (SSSR count). The SMILES string of the molecule is [N-]=[N+]=NCCOCCOCCOCCNC(=O)c1cc2ccc(N3CC(F)C3)cc2oc1=O. The minimum absolute atomic E-state index is 0.0909. The van der Waals surface area contributed by atoms with Gasteiger partial charge in [0.25, 0.3) is 5.91 Å². The molecule has 2 heterocycles. The van der Waals surface area contributed by atoms with E-state index in [2.05, 4.69) is 15.3 Å². The van der Waals surface area contributed by atoms with Gasteiger partial charge in [-0.1, -0.05) is 5.11 Å². The van der Waals surface area contributed by atoms with Crippen LogP contribution in [0.3, 0.4) is 0 Å². The summed E-state index contributed by atoms with van der Waals surface area (Å²) in [6.45, 7) is 3.24. The Bertz CT molecular complexity index is 1040. The van der Waals surface area contributed by atoms with Gasteiger partial charge >= 0.3 is 5.63 Å². The highest BCUT2D eigenvalue weighted by Gasteiger charge is 2.26. The van der Waals surface area contributed by atoms with Crippen LogP contribution in [0.5, 0.6) is 0 Å². The van der Waals surface area contributed by atoms with E-state index in [9.17, 15) is 14.0 Å². The number of benzene rings is 1. The molecule has 1 fully saturated rings. The maximum absolute atomic E-state index is 13.1. The van der Waals surface area contributed by atoms with Gasteiger partial charge in [0.05, 0.1) is 52.7 Å². The van der Waals surface area contributed by atoms with E-state index in [0.29, 0.717) is 57.1 Å². The number of azide groups is 1. The lowest BCUT2D eigenvalue weighted by atomic mass is 10.1. The number of nitrogens with one attached hydrogen (secondary N) is 1. The normalized spacial score (nSPS) is 13.5. The first kappa shape index (κ1) is 24.5. The second kappa shape index (κ2) is 12.8. The van der Waals surface area contributed by atoms with E-state index in [-0.39, 0.29) is 25.3 Å². The molecular weight excluding hydrogens is 437 g/mol. The van der Waals surface area contributed by atoms with Crippen molar-refractivity contribution in [3.63, 3.8) is 0 Å². The van der Waals surface area contributed by atoms with Gasteiger partial charge in [-0.15, -0.1) is 0 Å². The molecule has 0 unspecified atom stereocenters. The van der Waals surface area contributed by atoms with E-state index in [1.165, 1.54) is 6.07 Å². The predicted octanol–water partition coefficient (Wildman–Crippen LogP) is 2.04. The summed E-state index contributed by atoms with van der Waals surface area (Å²) in [7, 11) is 0. The smallest absolute Gasteiger partial charge is 0.349 e. The van der Waals surface area contributed by atoms with Crippen LogP contribution < -0.4 is 15.8 Å². The number of anilines is 1. The summed E-state index contributed by atoms with van der Waals surface area (Å²) in [5, 5.41) is 6.57. The molecule has 1 aliphatic rings. The van der Waals surface area contributed by atoms with Crippen molar-refractivity contribution in [3.8, 4) is 0 Å². The fourth-order valence-corrected chi connectivity index (χ4v) is 3.11. The summed E-state index contributed by atoms with van der Waals surface area (Å²) in [5.41, 5.74) is 8.41. The average Bonchev–Trinajstić information content (AvgIpc) is 2.79. The molecule has 0 radical (unpaired) electrons. The van der Waals surface area contributed by atoms with Gasteiger partial charge < -0.3 is 28.8 Å². The van der Waals surface area contributed by atoms with Crippen molar-refractivity contribution in [1.82, 2.24) is 5.32 Å². The van der Waals surface area contributed by atoms with E-state index in [0.717, 1.165) is 5.69 Å². The third-order valence-electron chi connectivity index (χ3n) is 4.84. The summed E-state index contributed by atoms with van der Waals surface area (Å²) < 4.78 is 34.2. The van der Waals surface area contributed by atoms with E-state index in [1.807, 2.05) is 4.90 Å². The lowest BCUT2D eigenvalue weighted by Gasteiger charge is -2.36. The Labute approximate surface area is 189 Å². The molecule has 12 heteroatoms. The fraction of sp³-hybridized carbons (Fsp3) is 0.524. The number of amides is 1. The van der Waals surface area contributed by atoms with Gasteiger partial charge in [-0.3, -0.25) is 4.79 Å². The Hall–Kier alpha value is -3.18. The molecule has 0 saturated carbocycles. The predicted molar refractivity (Wildman–Crippen MR) is 118 cm³/mol. The van der Waals surface area contributed by atoms with Crippen LogP contribution in [-0.4, -0.2) is 77.9 Å². The number of hydrogen-bond acceptors (Lipinski definition) is 8. The van der Waals surface area contributed by atoms with Crippen LogP contribution in [0.1, 0.15) is 10.4 Å². The Morgan fingerprint density at radius 2 is 1.85 bits per heavy atom. The van der Waals surface area contributed by atoms with Gasteiger partial charge in [-0.05, 0) is 23.7 Å². The van der Waals surface area contributed by atoms with Crippen molar-refractivity contribution in [1.29, 1.82) is 0 Å².